The maximum atomic E-state index is 13.6. The van der Waals surface area contributed by atoms with E-state index in [9.17, 15) is 36.7 Å². The summed E-state index contributed by atoms with van der Waals surface area (Å²) in [4.78, 5) is 66.0. The number of benzene rings is 4. The Morgan fingerprint density at radius 3 is 1.41 bits per heavy atom. The lowest BCUT2D eigenvalue weighted by Gasteiger charge is -2.33. The third kappa shape index (κ3) is 13.6. The molecule has 3 aromatic heterocycles. The molecular weight excluding hydrogens is 943 g/mol. The number of halogens is 4. The molecule has 0 spiro atoms. The number of Topliss-reactive ketones (excluding diaryl/α,β-unsaturated/α-hetero) is 1. The minimum absolute atomic E-state index is 0.0316. The number of anilines is 2. The molecule has 73 heavy (non-hydrogen) atoms. The van der Waals surface area contributed by atoms with Crippen LogP contribution in [0, 0.1) is 0 Å². The molecule has 0 aliphatic carbocycles. The predicted octanol–water partition coefficient (Wildman–Crippen LogP) is 11.3. The van der Waals surface area contributed by atoms with Crippen molar-refractivity contribution < 1.29 is 41.2 Å². The van der Waals surface area contributed by atoms with Gasteiger partial charge >= 0.3 is 24.9 Å². The molecule has 0 saturated carbocycles. The number of piperidine rings is 2. The van der Waals surface area contributed by atoms with Gasteiger partial charge < -0.3 is 19.5 Å². The van der Waals surface area contributed by atoms with E-state index in [1.807, 2.05) is 100 Å². The number of nitrogens with one attached hydrogen (secondary N) is 1. The molecule has 376 valence electrons. The highest BCUT2D eigenvalue weighted by Crippen LogP contribution is 2.29. The first-order valence-electron chi connectivity index (χ1n) is 24.0. The van der Waals surface area contributed by atoms with Crippen molar-refractivity contribution in [1.29, 1.82) is 0 Å². The second kappa shape index (κ2) is 24.7. The van der Waals surface area contributed by atoms with Gasteiger partial charge in [0.15, 0.2) is 5.78 Å². The van der Waals surface area contributed by atoms with E-state index in [-0.39, 0.29) is 30.1 Å². The number of carbonyl (C=O) groups excluding carboxylic acids is 4. The molecule has 14 nitrogen and oxygen atoms in total. The number of alkyl halides is 4. The highest BCUT2D eigenvalue weighted by atomic mass is 19.3. The molecule has 0 radical (unpaired) electrons. The lowest BCUT2D eigenvalue weighted by atomic mass is 10.1. The smallest absolute Gasteiger partial charge is 0.324 e. The molecule has 5 amide bonds. The van der Waals surface area contributed by atoms with Gasteiger partial charge in [-0.25, -0.2) is 9.59 Å². The summed E-state index contributed by atoms with van der Waals surface area (Å²) >= 11 is 0. The predicted molar refractivity (Wildman–Crippen MR) is 268 cm³/mol. The average Bonchev–Trinajstić information content (AvgIpc) is 3.96. The van der Waals surface area contributed by atoms with Crippen molar-refractivity contribution in [3.8, 4) is 33.7 Å². The summed E-state index contributed by atoms with van der Waals surface area (Å²) < 4.78 is 55.3. The zero-order valence-corrected chi connectivity index (χ0v) is 39.8. The fraction of sp³-hybridized carbons (Fsp3) is 0.273. The van der Waals surface area contributed by atoms with Crippen LogP contribution in [0.4, 0.5) is 38.5 Å². The molecule has 4 aromatic carbocycles. The van der Waals surface area contributed by atoms with Crippen LogP contribution in [-0.4, -0.2) is 92.9 Å². The number of carbonyl (C=O) groups is 4. The van der Waals surface area contributed by atoms with Crippen molar-refractivity contribution in [2.24, 2.45) is 0 Å². The summed E-state index contributed by atoms with van der Waals surface area (Å²) in [5.41, 5.74) is 8.04. The number of likely N-dealkylation sites (tertiary alicyclic amines) is 2. The van der Waals surface area contributed by atoms with Crippen molar-refractivity contribution >= 4 is 35.1 Å². The lowest BCUT2D eigenvalue weighted by molar-refractivity contribution is -0.131. The Kier molecular flexibility index (Phi) is 17.3. The molecule has 5 heterocycles. The number of urea groups is 2. The number of nitrogens with zero attached hydrogens (tertiary/aromatic N) is 8. The van der Waals surface area contributed by atoms with Crippen LogP contribution in [0.25, 0.3) is 33.7 Å². The molecule has 1 N–H and O–H groups in total. The van der Waals surface area contributed by atoms with E-state index in [0.717, 1.165) is 96.4 Å². The fourth-order valence-electron chi connectivity index (χ4n) is 8.49. The molecular formula is C55H53F4N9O5. The quantitative estimate of drug-likeness (QED) is 0.0827. The van der Waals surface area contributed by atoms with Crippen LogP contribution in [0.1, 0.15) is 72.3 Å². The Bertz CT molecular complexity index is 2900. The molecule has 0 unspecified atom stereocenters. The normalized spacial score (nSPS) is 13.5. The van der Waals surface area contributed by atoms with Gasteiger partial charge in [-0.3, -0.25) is 29.4 Å². The Balaban J connectivity index is 0.000000195. The van der Waals surface area contributed by atoms with Crippen LogP contribution in [0.2, 0.25) is 0 Å². The van der Waals surface area contributed by atoms with Crippen LogP contribution in [0.3, 0.4) is 0 Å². The Hall–Kier alpha value is -8.28. The number of hydrogen-bond donors (Lipinski definition) is 1. The number of rotatable bonds is 14. The molecule has 0 atom stereocenters. The Morgan fingerprint density at radius 1 is 0.548 bits per heavy atom. The minimum atomic E-state index is -3.17. The molecule has 7 aromatic rings. The number of amides is 5. The van der Waals surface area contributed by atoms with Crippen LogP contribution < -0.4 is 15.1 Å². The summed E-state index contributed by atoms with van der Waals surface area (Å²) in [5, 5.41) is 8.99. The van der Waals surface area contributed by atoms with E-state index in [1.54, 1.807) is 71.0 Å². The number of aromatic nitrogens is 4. The van der Waals surface area contributed by atoms with Crippen molar-refractivity contribution in [3.63, 3.8) is 0 Å². The first kappa shape index (κ1) is 51.1. The van der Waals surface area contributed by atoms with Crippen LogP contribution >= 0.6 is 0 Å². The lowest BCUT2D eigenvalue weighted by Crippen LogP contribution is -2.45. The zero-order chi connectivity index (χ0) is 51.1. The highest BCUT2D eigenvalue weighted by Gasteiger charge is 2.27. The van der Waals surface area contributed by atoms with Gasteiger partial charge in [-0.2, -0.15) is 17.6 Å². The van der Waals surface area contributed by atoms with E-state index in [4.69, 9.17) is 4.42 Å². The molecule has 0 bridgehead atoms. The number of pyridine rings is 2. The molecule has 2 aliphatic heterocycles. The number of hydrogen-bond acceptors (Lipinski definition) is 9. The fourth-order valence-corrected chi connectivity index (χ4v) is 8.49. The third-order valence-corrected chi connectivity index (χ3v) is 12.5. The van der Waals surface area contributed by atoms with Crippen molar-refractivity contribution in [3.05, 3.63) is 169 Å². The standard InChI is InChI=1S/C28H28F2N4O3.C27H25F2N5O2/c29-26(30)27(36)32-18-25(35)22-8-6-20(7-9-22)19-34(28(37)33-15-2-1-3-16-33)24-12-10-21(11-13-24)23-5-4-14-31-17-23;28-24(29)26-32-31-25(36-26)21-8-6-19(7-9-21)18-34(27(35)33-15-2-1-3-16-33)23-12-10-20(11-13-23)22-5-4-14-30-17-22/h4-14,17,26H,1-3,15-16,18-19H2,(H,32,36);4-14,17,24H,1-3,15-16,18H2. The van der Waals surface area contributed by atoms with Crippen molar-refractivity contribution in [1.82, 2.24) is 35.3 Å². The highest BCUT2D eigenvalue weighted by molar-refractivity contribution is 5.99. The second-order valence-electron chi connectivity index (χ2n) is 17.5. The largest absolute Gasteiger partial charge is 0.415 e. The maximum Gasteiger partial charge on any atom is 0.324 e. The van der Waals surface area contributed by atoms with Gasteiger partial charge in [-0.15, -0.1) is 10.2 Å². The van der Waals surface area contributed by atoms with Gasteiger partial charge in [0.05, 0.1) is 19.6 Å². The van der Waals surface area contributed by atoms with E-state index >= 15 is 0 Å². The topological polar surface area (TPSA) is 158 Å². The Morgan fingerprint density at radius 2 is 1.00 bits per heavy atom. The van der Waals surface area contributed by atoms with Gasteiger partial charge in [0.2, 0.25) is 5.89 Å². The van der Waals surface area contributed by atoms with Crippen LogP contribution in [-0.2, 0) is 17.9 Å². The molecule has 18 heteroatoms. The number of ketones is 1. The Labute approximate surface area is 419 Å². The van der Waals surface area contributed by atoms with Crippen molar-refractivity contribution in [2.75, 3.05) is 42.5 Å². The van der Waals surface area contributed by atoms with Gasteiger partial charge in [0.25, 0.3) is 11.8 Å². The van der Waals surface area contributed by atoms with E-state index in [0.29, 0.717) is 25.2 Å². The summed E-state index contributed by atoms with van der Waals surface area (Å²) in [6, 6.07) is 36.9. The summed E-state index contributed by atoms with van der Waals surface area (Å²) in [6.45, 7) is 3.04. The van der Waals surface area contributed by atoms with Gasteiger partial charge in [0.1, 0.15) is 0 Å². The van der Waals surface area contributed by atoms with E-state index < -0.39 is 37.0 Å². The first-order chi connectivity index (χ1) is 35.5. The van der Waals surface area contributed by atoms with E-state index in [2.05, 4.69) is 20.2 Å². The average molecular weight is 996 g/mol. The zero-order valence-electron chi connectivity index (χ0n) is 39.8. The third-order valence-electron chi connectivity index (χ3n) is 12.5. The molecule has 9 rings (SSSR count). The van der Waals surface area contributed by atoms with E-state index in [1.165, 1.54) is 0 Å². The van der Waals surface area contributed by atoms with Gasteiger partial charge in [-0.05, 0) is 120 Å². The minimum Gasteiger partial charge on any atom is -0.415 e. The van der Waals surface area contributed by atoms with Crippen molar-refractivity contribution in [2.45, 2.75) is 64.5 Å². The maximum absolute atomic E-state index is 13.6. The van der Waals surface area contributed by atoms with Crippen LogP contribution in [0.15, 0.2) is 151 Å². The molecule has 2 aliphatic rings. The summed E-state index contributed by atoms with van der Waals surface area (Å²) in [7, 11) is 0. The van der Waals surface area contributed by atoms with Gasteiger partial charge in [0, 0.05) is 73.5 Å². The molecule has 2 saturated heterocycles. The SMILES string of the molecule is O=C(CNC(=O)C(F)F)c1ccc(CN(C(=O)N2CCCCC2)c2ccc(-c3cccnc3)cc2)cc1.O=C(N1CCCCC1)N(Cc1ccc(-c2nnc(C(F)F)o2)cc1)c1ccc(-c2cccnc2)cc1. The monoisotopic (exact) mass is 995 g/mol. The van der Waals surface area contributed by atoms with Crippen LogP contribution in [0.5, 0.6) is 0 Å². The van der Waals surface area contributed by atoms with Gasteiger partial charge in [-0.1, -0.05) is 72.8 Å². The first-order valence-corrected chi connectivity index (χ1v) is 24.0. The molecule has 2 fully saturated rings. The summed E-state index contributed by atoms with van der Waals surface area (Å²) in [5.74, 6) is -2.63. The summed E-state index contributed by atoms with van der Waals surface area (Å²) in [6.07, 6.45) is 7.24. The second-order valence-corrected chi connectivity index (χ2v) is 17.5.